The first-order chi connectivity index (χ1) is 9.78. The molecule has 0 bridgehead atoms. The smallest absolute Gasteiger partial charge is 0.180 e. The molecular weight excluding hydrogens is 318 g/mol. The molecule has 104 valence electrons. The topological polar surface area (TPSA) is 76.7 Å². The molecule has 6 heteroatoms. The fourth-order valence-electron chi connectivity index (χ4n) is 2.51. The van der Waals surface area contributed by atoms with Crippen molar-refractivity contribution in [2.75, 3.05) is 5.43 Å². The van der Waals surface area contributed by atoms with Gasteiger partial charge in [-0.3, -0.25) is 4.98 Å². The zero-order valence-corrected chi connectivity index (χ0v) is 12.7. The second-order valence-corrected chi connectivity index (χ2v) is 5.80. The second kappa shape index (κ2) is 5.85. The fraction of sp³-hybridized carbons (Fsp3) is 0.357. The Balaban J connectivity index is 2.08. The predicted octanol–water partition coefficient (Wildman–Crippen LogP) is 2.86. The molecule has 2 heterocycles. The average Bonchev–Trinajstić information content (AvgIpc) is 2.72. The molecule has 0 spiro atoms. The molecule has 0 saturated carbocycles. The van der Waals surface area contributed by atoms with Gasteiger partial charge in [0, 0.05) is 21.9 Å². The fourth-order valence-corrected chi connectivity index (χ4v) is 2.75. The van der Waals surface area contributed by atoms with Crippen molar-refractivity contribution >= 4 is 21.7 Å². The van der Waals surface area contributed by atoms with Crippen LogP contribution in [0.3, 0.4) is 0 Å². The predicted molar refractivity (Wildman–Crippen MR) is 82.0 cm³/mol. The van der Waals surface area contributed by atoms with Gasteiger partial charge in [0.15, 0.2) is 5.82 Å². The van der Waals surface area contributed by atoms with E-state index >= 15 is 0 Å². The van der Waals surface area contributed by atoms with E-state index in [0.717, 1.165) is 40.1 Å². The summed E-state index contributed by atoms with van der Waals surface area (Å²) in [7, 11) is 0. The molecule has 2 aromatic rings. The average molecular weight is 334 g/mol. The van der Waals surface area contributed by atoms with E-state index in [1.54, 1.807) is 6.20 Å². The molecule has 2 aromatic heterocycles. The summed E-state index contributed by atoms with van der Waals surface area (Å²) in [4.78, 5) is 13.6. The van der Waals surface area contributed by atoms with E-state index in [9.17, 15) is 0 Å². The molecule has 5 nitrogen and oxygen atoms in total. The molecule has 0 aromatic carbocycles. The molecule has 0 saturated heterocycles. The first-order valence-electron chi connectivity index (χ1n) is 6.76. The van der Waals surface area contributed by atoms with Crippen LogP contribution in [0.15, 0.2) is 22.8 Å². The number of hydrogen-bond acceptors (Lipinski definition) is 5. The van der Waals surface area contributed by atoms with Crippen LogP contribution in [0, 0.1) is 0 Å². The number of aromatic nitrogens is 3. The molecule has 0 unspecified atom stereocenters. The van der Waals surface area contributed by atoms with Crippen LogP contribution >= 0.6 is 15.9 Å². The van der Waals surface area contributed by atoms with Gasteiger partial charge in [0.2, 0.25) is 0 Å². The number of nitrogens with two attached hydrogens (primary N) is 1. The summed E-state index contributed by atoms with van der Waals surface area (Å²) in [6.07, 6.45) is 7.28. The van der Waals surface area contributed by atoms with Crippen molar-refractivity contribution in [3.8, 4) is 11.5 Å². The minimum Gasteiger partial charge on any atom is -0.308 e. The largest absolute Gasteiger partial charge is 0.308 e. The number of anilines is 1. The van der Waals surface area contributed by atoms with E-state index < -0.39 is 0 Å². The quantitative estimate of drug-likeness (QED) is 0.502. The maximum Gasteiger partial charge on any atom is 0.180 e. The molecule has 1 aliphatic carbocycles. The minimum absolute atomic E-state index is 0.631. The maximum absolute atomic E-state index is 5.63. The lowest BCUT2D eigenvalue weighted by atomic mass is 10.1. The number of nitrogens with one attached hydrogen (secondary N) is 1. The molecular formula is C14H16BrN5. The Kier molecular flexibility index (Phi) is 3.93. The molecule has 3 rings (SSSR count). The molecule has 1 aliphatic rings. The Morgan fingerprint density at radius 1 is 1.10 bits per heavy atom. The number of hydrazine groups is 1. The standard InChI is InChI=1S/C14H16BrN5/c15-9-6-7-12(17-8-9)14-18-11-5-3-1-2-4-10(11)13(19-14)20-16/h6-8H,1-5,16H2,(H,18,19,20). The van der Waals surface area contributed by atoms with Crippen LogP contribution in [0.2, 0.25) is 0 Å². The Morgan fingerprint density at radius 3 is 2.70 bits per heavy atom. The summed E-state index contributed by atoms with van der Waals surface area (Å²) in [5.74, 6) is 6.99. The van der Waals surface area contributed by atoms with Crippen molar-refractivity contribution in [1.29, 1.82) is 0 Å². The summed E-state index contributed by atoms with van der Waals surface area (Å²) in [6, 6.07) is 3.84. The zero-order chi connectivity index (χ0) is 13.9. The number of aryl methyl sites for hydroxylation is 1. The van der Waals surface area contributed by atoms with E-state index in [2.05, 4.69) is 31.3 Å². The van der Waals surface area contributed by atoms with Crippen molar-refractivity contribution in [3.05, 3.63) is 34.1 Å². The summed E-state index contributed by atoms with van der Waals surface area (Å²) < 4.78 is 0.938. The van der Waals surface area contributed by atoms with Gasteiger partial charge in [0.25, 0.3) is 0 Å². The van der Waals surface area contributed by atoms with E-state index in [0.29, 0.717) is 5.82 Å². The van der Waals surface area contributed by atoms with Crippen molar-refractivity contribution in [2.45, 2.75) is 32.1 Å². The van der Waals surface area contributed by atoms with Gasteiger partial charge in [-0.05, 0) is 53.7 Å². The third-order valence-electron chi connectivity index (χ3n) is 3.53. The summed E-state index contributed by atoms with van der Waals surface area (Å²) in [5.41, 5.74) is 5.74. The molecule has 0 radical (unpaired) electrons. The van der Waals surface area contributed by atoms with Crippen LogP contribution < -0.4 is 11.3 Å². The monoisotopic (exact) mass is 333 g/mol. The molecule has 3 N–H and O–H groups in total. The molecule has 0 atom stereocenters. The lowest BCUT2D eigenvalue weighted by molar-refractivity contribution is 0.709. The number of hydrogen-bond donors (Lipinski definition) is 2. The van der Waals surface area contributed by atoms with Crippen molar-refractivity contribution in [1.82, 2.24) is 15.0 Å². The number of pyridine rings is 1. The van der Waals surface area contributed by atoms with Gasteiger partial charge in [-0.1, -0.05) is 6.42 Å². The van der Waals surface area contributed by atoms with E-state index in [1.165, 1.54) is 19.3 Å². The van der Waals surface area contributed by atoms with Crippen molar-refractivity contribution in [2.24, 2.45) is 5.84 Å². The molecule has 0 aliphatic heterocycles. The summed E-state index contributed by atoms with van der Waals surface area (Å²) in [5, 5.41) is 0. The second-order valence-electron chi connectivity index (χ2n) is 4.89. The number of rotatable bonds is 2. The maximum atomic E-state index is 5.63. The highest BCUT2D eigenvalue weighted by Gasteiger charge is 2.17. The Hall–Kier alpha value is -1.53. The van der Waals surface area contributed by atoms with Crippen LogP contribution in [-0.2, 0) is 12.8 Å². The Labute approximate surface area is 126 Å². The molecule has 0 fully saturated rings. The molecule has 20 heavy (non-hydrogen) atoms. The first kappa shape index (κ1) is 13.5. The third kappa shape index (κ3) is 2.66. The normalized spacial score (nSPS) is 14.5. The van der Waals surface area contributed by atoms with Gasteiger partial charge < -0.3 is 5.43 Å². The number of nitrogen functional groups attached to an aromatic ring is 1. The highest BCUT2D eigenvalue weighted by molar-refractivity contribution is 9.10. The van der Waals surface area contributed by atoms with E-state index in [-0.39, 0.29) is 0 Å². The molecule has 0 amide bonds. The van der Waals surface area contributed by atoms with Gasteiger partial charge in [-0.25, -0.2) is 15.8 Å². The number of nitrogens with zero attached hydrogens (tertiary/aromatic N) is 3. The number of fused-ring (bicyclic) bond motifs is 1. The van der Waals surface area contributed by atoms with Crippen molar-refractivity contribution in [3.63, 3.8) is 0 Å². The van der Waals surface area contributed by atoms with Gasteiger partial charge in [-0.15, -0.1) is 0 Å². The van der Waals surface area contributed by atoms with Crippen LogP contribution in [0.1, 0.15) is 30.5 Å². The SMILES string of the molecule is NNc1nc(-c2ccc(Br)cn2)nc2c1CCCCC2. The third-order valence-corrected chi connectivity index (χ3v) is 4.00. The van der Waals surface area contributed by atoms with Gasteiger partial charge in [0.1, 0.15) is 11.5 Å². The summed E-state index contributed by atoms with van der Waals surface area (Å²) >= 11 is 3.38. The van der Waals surface area contributed by atoms with Crippen LogP contribution in [-0.4, -0.2) is 15.0 Å². The van der Waals surface area contributed by atoms with Crippen LogP contribution in [0.25, 0.3) is 11.5 Å². The number of halogens is 1. The highest BCUT2D eigenvalue weighted by Crippen LogP contribution is 2.27. The lowest BCUT2D eigenvalue weighted by Crippen LogP contribution is -2.14. The first-order valence-corrected chi connectivity index (χ1v) is 7.55. The zero-order valence-electron chi connectivity index (χ0n) is 11.1. The van der Waals surface area contributed by atoms with Gasteiger partial charge in [-0.2, -0.15) is 0 Å². The van der Waals surface area contributed by atoms with Crippen molar-refractivity contribution < 1.29 is 0 Å². The lowest BCUT2D eigenvalue weighted by Gasteiger charge is -2.12. The van der Waals surface area contributed by atoms with E-state index in [1.807, 2.05) is 12.1 Å². The highest BCUT2D eigenvalue weighted by atomic mass is 79.9. The van der Waals surface area contributed by atoms with Gasteiger partial charge in [0.05, 0.1) is 0 Å². The van der Waals surface area contributed by atoms with Gasteiger partial charge >= 0.3 is 0 Å². The van der Waals surface area contributed by atoms with E-state index in [4.69, 9.17) is 10.8 Å². The van der Waals surface area contributed by atoms with Crippen LogP contribution in [0.4, 0.5) is 5.82 Å². The minimum atomic E-state index is 0.631. The summed E-state index contributed by atoms with van der Waals surface area (Å²) in [6.45, 7) is 0. The Morgan fingerprint density at radius 2 is 1.95 bits per heavy atom. The Bertz CT molecular complexity index is 612. The van der Waals surface area contributed by atoms with Crippen LogP contribution in [0.5, 0.6) is 0 Å².